The summed E-state index contributed by atoms with van der Waals surface area (Å²) < 4.78 is 0. The Kier molecular flexibility index (Phi) is 2.48. The number of aromatic hydroxyl groups is 2. The van der Waals surface area contributed by atoms with E-state index in [1.54, 1.807) is 6.92 Å². The van der Waals surface area contributed by atoms with Crippen molar-refractivity contribution < 1.29 is 15.3 Å². The Morgan fingerprint density at radius 1 is 0.846 bits per heavy atom. The van der Waals surface area contributed by atoms with Gasteiger partial charge in [-0.1, -0.05) is 0 Å². The zero-order chi connectivity index (χ0) is 10.2. The summed E-state index contributed by atoms with van der Waals surface area (Å²) in [5.74, 6) is -0.338. The van der Waals surface area contributed by atoms with E-state index in [1.165, 1.54) is 0 Å². The minimum absolute atomic E-state index is 0.132. The lowest BCUT2D eigenvalue weighted by Crippen LogP contribution is -1.96. The number of aliphatic hydroxyl groups is 1. The monoisotopic (exact) mass is 182 g/mol. The summed E-state index contributed by atoms with van der Waals surface area (Å²) in [7, 11) is 0. The molecule has 1 rings (SSSR count). The van der Waals surface area contributed by atoms with E-state index in [9.17, 15) is 10.2 Å². The molecule has 0 atom stereocenters. The number of phenols is 2. The van der Waals surface area contributed by atoms with Crippen molar-refractivity contribution in [1.82, 2.24) is 0 Å². The predicted molar refractivity (Wildman–Crippen MR) is 49.9 cm³/mol. The van der Waals surface area contributed by atoms with Crippen LogP contribution in [0.4, 0.5) is 0 Å². The van der Waals surface area contributed by atoms with Gasteiger partial charge in [0.05, 0.1) is 6.61 Å². The highest BCUT2D eigenvalue weighted by Gasteiger charge is 2.15. The van der Waals surface area contributed by atoms with Gasteiger partial charge in [-0.15, -0.1) is 0 Å². The lowest BCUT2D eigenvalue weighted by molar-refractivity contribution is 0.272. The van der Waals surface area contributed by atoms with Crippen LogP contribution in [0.3, 0.4) is 0 Å². The van der Waals surface area contributed by atoms with E-state index in [2.05, 4.69) is 0 Å². The Bertz CT molecular complexity index is 314. The van der Waals surface area contributed by atoms with Crippen LogP contribution in [0.25, 0.3) is 0 Å². The van der Waals surface area contributed by atoms with Crippen molar-refractivity contribution in [2.24, 2.45) is 0 Å². The Labute approximate surface area is 77.3 Å². The van der Waals surface area contributed by atoms with E-state index < -0.39 is 0 Å². The number of aliphatic hydroxyl groups excluding tert-OH is 1. The van der Waals surface area contributed by atoms with Gasteiger partial charge in [0, 0.05) is 5.56 Å². The molecule has 0 saturated carbocycles. The molecule has 0 amide bonds. The van der Waals surface area contributed by atoms with Gasteiger partial charge in [0.2, 0.25) is 0 Å². The van der Waals surface area contributed by atoms with Crippen LogP contribution in [-0.2, 0) is 6.61 Å². The first-order valence-electron chi connectivity index (χ1n) is 4.12. The summed E-state index contributed by atoms with van der Waals surface area (Å²) in [6.45, 7) is 5.14. The van der Waals surface area contributed by atoms with Gasteiger partial charge in [-0.2, -0.15) is 0 Å². The number of benzene rings is 1. The maximum absolute atomic E-state index is 9.47. The lowest BCUT2D eigenvalue weighted by Gasteiger charge is -2.13. The third-order valence-electron chi connectivity index (χ3n) is 2.60. The van der Waals surface area contributed by atoms with Crippen LogP contribution in [0.5, 0.6) is 11.5 Å². The van der Waals surface area contributed by atoms with E-state index >= 15 is 0 Å². The third-order valence-corrected chi connectivity index (χ3v) is 2.60. The van der Waals surface area contributed by atoms with Crippen LogP contribution in [-0.4, -0.2) is 15.3 Å². The summed E-state index contributed by atoms with van der Waals surface area (Å²) in [5, 5.41) is 27.9. The number of hydrogen-bond acceptors (Lipinski definition) is 3. The normalized spacial score (nSPS) is 10.5. The van der Waals surface area contributed by atoms with Crippen LogP contribution in [0.2, 0.25) is 0 Å². The standard InChI is InChI=1S/C10H14O3/c1-5-6(2)8(4-11)10(13)9(12)7(5)3/h11-13H,4H2,1-3H3. The molecule has 0 aliphatic heterocycles. The summed E-state index contributed by atoms with van der Waals surface area (Å²) >= 11 is 0. The summed E-state index contributed by atoms with van der Waals surface area (Å²) in [6.07, 6.45) is 0. The van der Waals surface area contributed by atoms with Crippen molar-refractivity contribution in [2.45, 2.75) is 27.4 Å². The Morgan fingerprint density at radius 3 is 1.85 bits per heavy atom. The van der Waals surface area contributed by atoms with Crippen LogP contribution >= 0.6 is 0 Å². The topological polar surface area (TPSA) is 60.7 Å². The second kappa shape index (κ2) is 3.26. The molecule has 0 aliphatic rings. The molecule has 0 aromatic heterocycles. The van der Waals surface area contributed by atoms with Gasteiger partial charge in [0.15, 0.2) is 11.5 Å². The van der Waals surface area contributed by atoms with E-state index in [4.69, 9.17) is 5.11 Å². The first-order chi connectivity index (χ1) is 6.00. The summed E-state index contributed by atoms with van der Waals surface area (Å²) in [5.41, 5.74) is 2.79. The Hall–Kier alpha value is -1.22. The summed E-state index contributed by atoms with van der Waals surface area (Å²) in [4.78, 5) is 0. The van der Waals surface area contributed by atoms with Gasteiger partial charge in [0.25, 0.3) is 0 Å². The van der Waals surface area contributed by atoms with E-state index in [0.29, 0.717) is 11.1 Å². The van der Waals surface area contributed by atoms with Gasteiger partial charge < -0.3 is 15.3 Å². The number of rotatable bonds is 1. The van der Waals surface area contributed by atoms with Crippen molar-refractivity contribution in [3.05, 3.63) is 22.3 Å². The van der Waals surface area contributed by atoms with Crippen molar-refractivity contribution in [1.29, 1.82) is 0 Å². The SMILES string of the molecule is Cc1c(C)c(O)c(O)c(CO)c1C. The lowest BCUT2D eigenvalue weighted by atomic mass is 9.97. The maximum Gasteiger partial charge on any atom is 0.163 e. The van der Waals surface area contributed by atoms with Crippen molar-refractivity contribution >= 4 is 0 Å². The van der Waals surface area contributed by atoms with Gasteiger partial charge in [0.1, 0.15) is 0 Å². The van der Waals surface area contributed by atoms with E-state index in [0.717, 1.165) is 11.1 Å². The molecule has 0 unspecified atom stereocenters. The molecule has 72 valence electrons. The summed E-state index contributed by atoms with van der Waals surface area (Å²) in [6, 6.07) is 0. The van der Waals surface area contributed by atoms with Gasteiger partial charge >= 0.3 is 0 Å². The first kappa shape index (κ1) is 9.86. The van der Waals surface area contributed by atoms with E-state index in [-0.39, 0.29) is 18.1 Å². The predicted octanol–water partition coefficient (Wildman–Crippen LogP) is 1.52. The molecule has 13 heavy (non-hydrogen) atoms. The average molecular weight is 182 g/mol. The molecule has 0 bridgehead atoms. The van der Waals surface area contributed by atoms with Gasteiger partial charge in [-0.3, -0.25) is 0 Å². The number of phenolic OH excluding ortho intramolecular Hbond substituents is 1. The third kappa shape index (κ3) is 1.35. The average Bonchev–Trinajstić information content (AvgIpc) is 2.13. The largest absolute Gasteiger partial charge is 0.504 e. The highest BCUT2D eigenvalue weighted by atomic mass is 16.3. The molecule has 3 nitrogen and oxygen atoms in total. The van der Waals surface area contributed by atoms with Crippen LogP contribution in [0.1, 0.15) is 22.3 Å². The quantitative estimate of drug-likeness (QED) is 0.577. The number of hydrogen-bond donors (Lipinski definition) is 3. The molecule has 0 fully saturated rings. The zero-order valence-electron chi connectivity index (χ0n) is 8.05. The Balaban J connectivity index is 3.56. The molecule has 0 aliphatic carbocycles. The fraction of sp³-hybridized carbons (Fsp3) is 0.400. The van der Waals surface area contributed by atoms with Gasteiger partial charge in [-0.25, -0.2) is 0 Å². The molecular weight excluding hydrogens is 168 g/mol. The van der Waals surface area contributed by atoms with Crippen molar-refractivity contribution in [3.63, 3.8) is 0 Å². The first-order valence-corrected chi connectivity index (χ1v) is 4.12. The van der Waals surface area contributed by atoms with Crippen LogP contribution in [0, 0.1) is 20.8 Å². The molecule has 3 heteroatoms. The highest BCUT2D eigenvalue weighted by molar-refractivity contribution is 5.57. The fourth-order valence-electron chi connectivity index (χ4n) is 1.38. The molecule has 0 saturated heterocycles. The minimum Gasteiger partial charge on any atom is -0.504 e. The second-order valence-electron chi connectivity index (χ2n) is 3.21. The Morgan fingerprint density at radius 2 is 1.38 bits per heavy atom. The molecule has 1 aromatic rings. The van der Waals surface area contributed by atoms with Crippen molar-refractivity contribution in [2.75, 3.05) is 0 Å². The second-order valence-corrected chi connectivity index (χ2v) is 3.21. The fourth-order valence-corrected chi connectivity index (χ4v) is 1.38. The van der Waals surface area contributed by atoms with Gasteiger partial charge in [-0.05, 0) is 37.5 Å². The molecule has 3 N–H and O–H groups in total. The molecule has 0 heterocycles. The van der Waals surface area contributed by atoms with Crippen molar-refractivity contribution in [3.8, 4) is 11.5 Å². The highest BCUT2D eigenvalue weighted by Crippen LogP contribution is 2.37. The molecule has 0 radical (unpaired) electrons. The molecule has 0 spiro atoms. The maximum atomic E-state index is 9.47. The van der Waals surface area contributed by atoms with Crippen LogP contribution < -0.4 is 0 Å². The zero-order valence-corrected chi connectivity index (χ0v) is 8.05. The smallest absolute Gasteiger partial charge is 0.163 e. The molecular formula is C10H14O3. The van der Waals surface area contributed by atoms with Crippen LogP contribution in [0.15, 0.2) is 0 Å². The molecule has 1 aromatic carbocycles. The van der Waals surface area contributed by atoms with E-state index in [1.807, 2.05) is 13.8 Å². The minimum atomic E-state index is -0.258.